The average Bonchev–Trinajstić information content (AvgIpc) is 3.07. The number of carbonyl (C=O) groups is 2. The van der Waals surface area contributed by atoms with Crippen LogP contribution in [0.4, 0.5) is 4.39 Å². The molecule has 1 saturated heterocycles. The minimum atomic E-state index is -0.632. The highest BCUT2D eigenvalue weighted by Gasteiger charge is 2.30. The Morgan fingerprint density at radius 2 is 1.31 bits per heavy atom. The Morgan fingerprint density at radius 3 is 1.91 bits per heavy atom. The zero-order valence-electron chi connectivity index (χ0n) is 17.6. The molecule has 2 amide bonds. The molecule has 4 nitrogen and oxygen atoms in total. The highest BCUT2D eigenvalue weighted by molar-refractivity contribution is 6.33. The van der Waals surface area contributed by atoms with Crippen LogP contribution in [-0.2, 0) is 4.79 Å². The molecule has 1 heterocycles. The molecule has 0 unspecified atom stereocenters. The molecule has 1 fully saturated rings. The van der Waals surface area contributed by atoms with Crippen molar-refractivity contribution in [3.8, 4) is 0 Å². The molecule has 0 atom stereocenters. The van der Waals surface area contributed by atoms with E-state index in [0.29, 0.717) is 32.6 Å². The van der Waals surface area contributed by atoms with Crippen molar-refractivity contribution in [1.82, 2.24) is 9.80 Å². The molecule has 0 saturated carbocycles. The van der Waals surface area contributed by atoms with Gasteiger partial charge in [0.05, 0.1) is 16.5 Å². The van der Waals surface area contributed by atoms with Gasteiger partial charge >= 0.3 is 0 Å². The second-order valence-corrected chi connectivity index (χ2v) is 8.23. The first kappa shape index (κ1) is 22.0. The molecule has 1 aliphatic rings. The van der Waals surface area contributed by atoms with Crippen molar-refractivity contribution in [3.05, 3.63) is 106 Å². The number of rotatable bonds is 4. The maximum absolute atomic E-state index is 14.2. The molecule has 1 aliphatic heterocycles. The number of benzene rings is 3. The Labute approximate surface area is 192 Å². The summed E-state index contributed by atoms with van der Waals surface area (Å²) in [6.07, 6.45) is 0.611. The van der Waals surface area contributed by atoms with Crippen molar-refractivity contribution in [2.75, 3.05) is 26.2 Å². The van der Waals surface area contributed by atoms with Gasteiger partial charge in [-0.25, -0.2) is 4.39 Å². The lowest BCUT2D eigenvalue weighted by Gasteiger charge is -2.27. The van der Waals surface area contributed by atoms with Crippen molar-refractivity contribution in [1.29, 1.82) is 0 Å². The van der Waals surface area contributed by atoms with E-state index in [9.17, 15) is 14.0 Å². The number of nitrogens with zero attached hydrogens (tertiary/aromatic N) is 2. The summed E-state index contributed by atoms with van der Waals surface area (Å²) < 4.78 is 14.2. The zero-order chi connectivity index (χ0) is 22.5. The quantitative estimate of drug-likeness (QED) is 0.562. The van der Waals surface area contributed by atoms with E-state index < -0.39 is 17.6 Å². The standard InChI is InChI=1S/C26H24ClFN2O2/c27-21-13-7-14-22(28)24(21)26(32)30-16-8-15-29(17-18-30)25(31)23(19-9-3-1-4-10-19)20-11-5-2-6-12-20/h1-7,9-14,23H,8,15-18H2. The molecule has 0 aliphatic carbocycles. The van der Waals surface area contributed by atoms with Gasteiger partial charge in [0.2, 0.25) is 5.91 Å². The van der Waals surface area contributed by atoms with Crippen molar-refractivity contribution in [2.45, 2.75) is 12.3 Å². The largest absolute Gasteiger partial charge is 0.340 e. The number of halogens is 2. The Morgan fingerprint density at radius 1 is 0.750 bits per heavy atom. The lowest BCUT2D eigenvalue weighted by Crippen LogP contribution is -2.39. The predicted octanol–water partition coefficient (Wildman–Crippen LogP) is 4.99. The lowest BCUT2D eigenvalue weighted by molar-refractivity contribution is -0.131. The smallest absolute Gasteiger partial charge is 0.258 e. The minimum Gasteiger partial charge on any atom is -0.340 e. The predicted molar refractivity (Wildman–Crippen MR) is 123 cm³/mol. The molecule has 0 N–H and O–H groups in total. The monoisotopic (exact) mass is 450 g/mol. The molecule has 32 heavy (non-hydrogen) atoms. The third kappa shape index (κ3) is 4.68. The summed E-state index contributed by atoms with van der Waals surface area (Å²) in [4.78, 5) is 30.0. The van der Waals surface area contributed by atoms with Crippen LogP contribution in [0.1, 0.15) is 33.8 Å². The van der Waals surface area contributed by atoms with E-state index in [-0.39, 0.29) is 16.5 Å². The van der Waals surface area contributed by atoms with Gasteiger partial charge in [0.1, 0.15) is 5.82 Å². The van der Waals surface area contributed by atoms with Gasteiger partial charge < -0.3 is 9.80 Å². The van der Waals surface area contributed by atoms with Gasteiger partial charge in [0, 0.05) is 26.2 Å². The molecule has 0 radical (unpaired) electrons. The topological polar surface area (TPSA) is 40.6 Å². The van der Waals surface area contributed by atoms with Crippen LogP contribution in [0.5, 0.6) is 0 Å². The van der Waals surface area contributed by atoms with Crippen LogP contribution in [0.3, 0.4) is 0 Å². The molecule has 3 aromatic carbocycles. The Kier molecular flexibility index (Phi) is 6.86. The second-order valence-electron chi connectivity index (χ2n) is 7.82. The van der Waals surface area contributed by atoms with Crippen molar-refractivity contribution >= 4 is 23.4 Å². The van der Waals surface area contributed by atoms with Crippen LogP contribution >= 0.6 is 11.6 Å². The normalized spacial score (nSPS) is 14.3. The molecule has 3 aromatic rings. The first-order valence-electron chi connectivity index (χ1n) is 10.7. The molecule has 164 valence electrons. The maximum Gasteiger partial charge on any atom is 0.258 e. The maximum atomic E-state index is 14.2. The molecule has 4 rings (SSSR count). The van der Waals surface area contributed by atoms with Crippen LogP contribution in [0.15, 0.2) is 78.9 Å². The number of hydrogen-bond donors (Lipinski definition) is 0. The van der Waals surface area contributed by atoms with E-state index in [0.717, 1.165) is 11.1 Å². The van der Waals surface area contributed by atoms with E-state index in [2.05, 4.69) is 0 Å². The first-order valence-corrected chi connectivity index (χ1v) is 11.1. The summed E-state index contributed by atoms with van der Waals surface area (Å²) in [5.74, 6) is -1.49. The fourth-order valence-electron chi connectivity index (χ4n) is 4.15. The Hall–Kier alpha value is -3.18. The summed E-state index contributed by atoms with van der Waals surface area (Å²) in [5.41, 5.74) is 1.75. The van der Waals surface area contributed by atoms with Crippen LogP contribution < -0.4 is 0 Å². The summed E-state index contributed by atoms with van der Waals surface area (Å²) in [6, 6.07) is 23.6. The number of hydrogen-bond acceptors (Lipinski definition) is 2. The highest BCUT2D eigenvalue weighted by Crippen LogP contribution is 2.28. The Bertz CT molecular complexity index is 1030. The Balaban J connectivity index is 1.54. The van der Waals surface area contributed by atoms with Gasteiger partial charge in [0.15, 0.2) is 0 Å². The fraction of sp³-hybridized carbons (Fsp3) is 0.231. The third-order valence-electron chi connectivity index (χ3n) is 5.78. The van der Waals surface area contributed by atoms with E-state index in [1.807, 2.05) is 60.7 Å². The zero-order valence-corrected chi connectivity index (χ0v) is 18.3. The molecule has 0 bridgehead atoms. The summed E-state index contributed by atoms with van der Waals surface area (Å²) in [7, 11) is 0. The average molecular weight is 451 g/mol. The SMILES string of the molecule is O=C(c1c(F)cccc1Cl)N1CCCN(C(=O)C(c2ccccc2)c2ccccc2)CC1. The summed E-state index contributed by atoms with van der Waals surface area (Å²) >= 11 is 6.09. The van der Waals surface area contributed by atoms with Crippen molar-refractivity contribution < 1.29 is 14.0 Å². The van der Waals surface area contributed by atoms with Gasteiger partial charge in [-0.2, -0.15) is 0 Å². The van der Waals surface area contributed by atoms with Gasteiger partial charge in [-0.3, -0.25) is 9.59 Å². The molecule has 6 heteroatoms. The van der Waals surface area contributed by atoms with Gasteiger partial charge in [0.25, 0.3) is 5.91 Å². The van der Waals surface area contributed by atoms with E-state index in [4.69, 9.17) is 11.6 Å². The first-order chi connectivity index (χ1) is 15.6. The number of carbonyl (C=O) groups excluding carboxylic acids is 2. The second kappa shape index (κ2) is 9.96. The fourth-order valence-corrected chi connectivity index (χ4v) is 4.40. The molecular weight excluding hydrogens is 427 g/mol. The summed E-state index contributed by atoms with van der Waals surface area (Å²) in [5, 5.41) is 0.0976. The van der Waals surface area contributed by atoms with Crippen LogP contribution in [-0.4, -0.2) is 47.8 Å². The van der Waals surface area contributed by atoms with Gasteiger partial charge in [-0.1, -0.05) is 78.3 Å². The van der Waals surface area contributed by atoms with Crippen molar-refractivity contribution in [2.24, 2.45) is 0 Å². The number of amides is 2. The molecular formula is C26H24ClFN2O2. The van der Waals surface area contributed by atoms with Crippen LogP contribution in [0.2, 0.25) is 5.02 Å². The van der Waals surface area contributed by atoms with Crippen molar-refractivity contribution in [3.63, 3.8) is 0 Å². The highest BCUT2D eigenvalue weighted by atomic mass is 35.5. The minimum absolute atomic E-state index is 0.000577. The van der Waals surface area contributed by atoms with Crippen LogP contribution in [0, 0.1) is 5.82 Å². The molecule has 0 spiro atoms. The van der Waals surface area contributed by atoms with Gasteiger partial charge in [-0.15, -0.1) is 0 Å². The molecule has 0 aromatic heterocycles. The van der Waals surface area contributed by atoms with E-state index in [1.54, 1.807) is 9.80 Å². The van der Waals surface area contributed by atoms with E-state index >= 15 is 0 Å². The summed E-state index contributed by atoms with van der Waals surface area (Å²) in [6.45, 7) is 1.68. The third-order valence-corrected chi connectivity index (χ3v) is 6.10. The lowest BCUT2D eigenvalue weighted by atomic mass is 9.90. The van der Waals surface area contributed by atoms with Gasteiger partial charge in [-0.05, 0) is 29.7 Å². The van der Waals surface area contributed by atoms with Crippen LogP contribution in [0.25, 0.3) is 0 Å². The van der Waals surface area contributed by atoms with E-state index in [1.165, 1.54) is 18.2 Å².